The summed E-state index contributed by atoms with van der Waals surface area (Å²) in [6.07, 6.45) is 0. The van der Waals surface area contributed by atoms with E-state index in [4.69, 9.17) is 0 Å². The van der Waals surface area contributed by atoms with Crippen LogP contribution in [0.2, 0.25) is 0 Å². The summed E-state index contributed by atoms with van der Waals surface area (Å²) in [4.78, 5) is 16.3. The zero-order chi connectivity index (χ0) is 16.9. The molecule has 0 radical (unpaired) electrons. The number of benzene rings is 1. The Balaban J connectivity index is 1.81. The molecule has 1 saturated heterocycles. The van der Waals surface area contributed by atoms with Crippen molar-refractivity contribution in [2.45, 2.75) is 13.5 Å². The van der Waals surface area contributed by atoms with E-state index in [1.807, 2.05) is 18.2 Å². The molecule has 0 unspecified atom stereocenters. The van der Waals surface area contributed by atoms with Crippen LogP contribution in [0.15, 0.2) is 30.3 Å². The van der Waals surface area contributed by atoms with E-state index in [2.05, 4.69) is 17.0 Å². The van der Waals surface area contributed by atoms with E-state index in [1.54, 1.807) is 11.8 Å². The highest BCUT2D eigenvalue weighted by Gasteiger charge is 2.25. The van der Waals surface area contributed by atoms with Crippen molar-refractivity contribution in [3.63, 3.8) is 0 Å². The van der Waals surface area contributed by atoms with Gasteiger partial charge < -0.3 is 4.90 Å². The highest BCUT2D eigenvalue weighted by atomic mass is 32.2. The molecule has 1 amide bonds. The predicted octanol–water partition coefficient (Wildman–Crippen LogP) is 0.612. The van der Waals surface area contributed by atoms with Gasteiger partial charge in [0.25, 0.3) is 0 Å². The molecule has 1 aromatic rings. The second-order valence-corrected chi connectivity index (χ2v) is 8.16. The molecule has 0 bridgehead atoms. The van der Waals surface area contributed by atoms with Gasteiger partial charge in [0.05, 0.1) is 12.3 Å². The molecule has 1 aromatic carbocycles. The fourth-order valence-corrected chi connectivity index (χ4v) is 3.35. The number of sulfonamides is 1. The Bertz CT molecular complexity index is 611. The first-order valence-electron chi connectivity index (χ1n) is 7.90. The molecule has 1 heterocycles. The summed E-state index contributed by atoms with van der Waals surface area (Å²) < 4.78 is 24.6. The minimum absolute atomic E-state index is 0.0155. The Morgan fingerprint density at radius 3 is 2.30 bits per heavy atom. The van der Waals surface area contributed by atoms with Crippen molar-refractivity contribution >= 4 is 15.9 Å². The Labute approximate surface area is 138 Å². The molecule has 1 aliphatic heterocycles. The van der Waals surface area contributed by atoms with E-state index >= 15 is 0 Å². The molecule has 2 rings (SSSR count). The zero-order valence-corrected chi connectivity index (χ0v) is 14.6. The van der Waals surface area contributed by atoms with Crippen molar-refractivity contribution < 1.29 is 13.2 Å². The van der Waals surface area contributed by atoms with Gasteiger partial charge in [0.15, 0.2) is 0 Å². The summed E-state index contributed by atoms with van der Waals surface area (Å²) in [6.45, 7) is 5.30. The standard InChI is InChI=1S/C16H25N3O3S/c1-3-23(21,22)17(2)14-16(20)19-11-9-18(10-12-19)13-15-7-5-4-6-8-15/h4-8H,3,9-14H2,1-2H3. The lowest BCUT2D eigenvalue weighted by atomic mass is 10.2. The second-order valence-electron chi connectivity index (χ2n) is 5.80. The number of carbonyl (C=O) groups is 1. The van der Waals surface area contributed by atoms with Crippen LogP contribution in [0.5, 0.6) is 0 Å². The van der Waals surface area contributed by atoms with Crippen LogP contribution in [0.3, 0.4) is 0 Å². The summed E-state index contributed by atoms with van der Waals surface area (Å²) in [5.41, 5.74) is 1.26. The number of rotatable bonds is 6. The van der Waals surface area contributed by atoms with Gasteiger partial charge >= 0.3 is 0 Å². The van der Waals surface area contributed by atoms with Crippen LogP contribution in [-0.2, 0) is 21.4 Å². The third kappa shape index (κ3) is 5.02. The summed E-state index contributed by atoms with van der Waals surface area (Å²) in [5.74, 6) is -0.106. The van der Waals surface area contributed by atoms with E-state index in [0.29, 0.717) is 13.1 Å². The highest BCUT2D eigenvalue weighted by molar-refractivity contribution is 7.89. The monoisotopic (exact) mass is 339 g/mol. The third-order valence-electron chi connectivity index (χ3n) is 4.17. The lowest BCUT2D eigenvalue weighted by Crippen LogP contribution is -2.51. The SMILES string of the molecule is CCS(=O)(=O)N(C)CC(=O)N1CCN(Cc2ccccc2)CC1. The third-order valence-corrected chi connectivity index (χ3v) is 5.98. The number of piperazine rings is 1. The molecular formula is C16H25N3O3S. The summed E-state index contributed by atoms with van der Waals surface area (Å²) >= 11 is 0. The maximum atomic E-state index is 12.2. The Kier molecular flexibility index (Phi) is 6.15. The largest absolute Gasteiger partial charge is 0.339 e. The zero-order valence-electron chi connectivity index (χ0n) is 13.8. The lowest BCUT2D eigenvalue weighted by Gasteiger charge is -2.35. The minimum Gasteiger partial charge on any atom is -0.339 e. The smallest absolute Gasteiger partial charge is 0.237 e. The summed E-state index contributed by atoms with van der Waals surface area (Å²) in [5, 5.41) is 0. The first kappa shape index (κ1) is 17.9. The molecule has 0 atom stereocenters. The molecule has 7 heteroatoms. The molecular weight excluding hydrogens is 314 g/mol. The molecule has 1 fully saturated rings. The maximum absolute atomic E-state index is 12.2. The summed E-state index contributed by atoms with van der Waals surface area (Å²) in [6, 6.07) is 10.3. The van der Waals surface area contributed by atoms with Crippen LogP contribution in [0.25, 0.3) is 0 Å². The van der Waals surface area contributed by atoms with Gasteiger partial charge in [-0.2, -0.15) is 4.31 Å². The predicted molar refractivity (Wildman–Crippen MR) is 90.4 cm³/mol. The van der Waals surface area contributed by atoms with Crippen LogP contribution in [0, 0.1) is 0 Å². The summed E-state index contributed by atoms with van der Waals surface area (Å²) in [7, 11) is -1.85. The fraction of sp³-hybridized carbons (Fsp3) is 0.562. The minimum atomic E-state index is -3.31. The van der Waals surface area contributed by atoms with Gasteiger partial charge in [-0.25, -0.2) is 8.42 Å². The van der Waals surface area contributed by atoms with E-state index in [-0.39, 0.29) is 18.2 Å². The van der Waals surface area contributed by atoms with Gasteiger partial charge in [0.1, 0.15) is 0 Å². The van der Waals surface area contributed by atoms with Gasteiger partial charge in [-0.3, -0.25) is 9.69 Å². The molecule has 0 N–H and O–H groups in total. The number of likely N-dealkylation sites (N-methyl/N-ethyl adjacent to an activating group) is 1. The Hall–Kier alpha value is -1.44. The quantitative estimate of drug-likeness (QED) is 0.762. The fourth-order valence-electron chi connectivity index (χ4n) is 2.61. The number of hydrogen-bond donors (Lipinski definition) is 0. The van der Waals surface area contributed by atoms with Gasteiger partial charge in [0, 0.05) is 39.8 Å². The normalized spacial score (nSPS) is 16.7. The van der Waals surface area contributed by atoms with E-state index in [9.17, 15) is 13.2 Å². The molecule has 0 aliphatic carbocycles. The number of carbonyl (C=O) groups excluding carboxylic acids is 1. The van der Waals surface area contributed by atoms with Crippen LogP contribution in [0.4, 0.5) is 0 Å². The first-order valence-corrected chi connectivity index (χ1v) is 9.51. The average Bonchev–Trinajstić information content (AvgIpc) is 2.56. The van der Waals surface area contributed by atoms with Gasteiger partial charge in [-0.1, -0.05) is 30.3 Å². The lowest BCUT2D eigenvalue weighted by molar-refractivity contribution is -0.133. The van der Waals surface area contributed by atoms with Crippen molar-refractivity contribution in [3.8, 4) is 0 Å². The molecule has 0 saturated carbocycles. The molecule has 0 spiro atoms. The maximum Gasteiger partial charge on any atom is 0.237 e. The second kappa shape index (κ2) is 7.90. The first-order chi connectivity index (χ1) is 10.9. The molecule has 1 aliphatic rings. The molecule has 128 valence electrons. The van der Waals surface area contributed by atoms with Crippen molar-refractivity contribution in [3.05, 3.63) is 35.9 Å². The van der Waals surface area contributed by atoms with Gasteiger partial charge in [-0.15, -0.1) is 0 Å². The number of hydrogen-bond acceptors (Lipinski definition) is 4. The topological polar surface area (TPSA) is 60.9 Å². The molecule has 0 aromatic heterocycles. The van der Waals surface area contributed by atoms with Crippen LogP contribution < -0.4 is 0 Å². The Morgan fingerprint density at radius 1 is 1.13 bits per heavy atom. The van der Waals surface area contributed by atoms with Crippen molar-refractivity contribution in [2.75, 3.05) is 45.5 Å². The van der Waals surface area contributed by atoms with Crippen molar-refractivity contribution in [2.24, 2.45) is 0 Å². The van der Waals surface area contributed by atoms with Crippen LogP contribution in [-0.4, -0.2) is 74.0 Å². The van der Waals surface area contributed by atoms with Crippen LogP contribution >= 0.6 is 0 Å². The van der Waals surface area contributed by atoms with E-state index < -0.39 is 10.0 Å². The van der Waals surface area contributed by atoms with E-state index in [0.717, 1.165) is 23.9 Å². The number of amides is 1. The number of nitrogens with zero attached hydrogens (tertiary/aromatic N) is 3. The Morgan fingerprint density at radius 2 is 1.74 bits per heavy atom. The van der Waals surface area contributed by atoms with Crippen LogP contribution in [0.1, 0.15) is 12.5 Å². The molecule has 6 nitrogen and oxygen atoms in total. The molecule has 23 heavy (non-hydrogen) atoms. The van der Waals surface area contributed by atoms with Crippen molar-refractivity contribution in [1.29, 1.82) is 0 Å². The van der Waals surface area contributed by atoms with Crippen molar-refractivity contribution in [1.82, 2.24) is 14.1 Å². The average molecular weight is 339 g/mol. The van der Waals surface area contributed by atoms with Gasteiger partial charge in [-0.05, 0) is 12.5 Å². The highest BCUT2D eigenvalue weighted by Crippen LogP contribution is 2.09. The van der Waals surface area contributed by atoms with Gasteiger partial charge in [0.2, 0.25) is 15.9 Å². The van der Waals surface area contributed by atoms with E-state index in [1.165, 1.54) is 12.6 Å².